The Morgan fingerprint density at radius 1 is 0.892 bits per heavy atom. The smallest absolute Gasteiger partial charge is 0.254 e. The van der Waals surface area contributed by atoms with E-state index in [1.54, 1.807) is 40.6 Å². The van der Waals surface area contributed by atoms with Crippen LogP contribution in [0.5, 0.6) is 23.0 Å². The van der Waals surface area contributed by atoms with E-state index in [2.05, 4.69) is 30.9 Å². The molecule has 0 aliphatic carbocycles. The normalized spacial score (nSPS) is 17.2. The summed E-state index contributed by atoms with van der Waals surface area (Å²) in [6.07, 6.45) is 5.47. The first-order chi connectivity index (χ1) is 17.9. The predicted octanol–water partition coefficient (Wildman–Crippen LogP) is 5.41. The highest BCUT2D eigenvalue weighted by Gasteiger charge is 2.41. The minimum absolute atomic E-state index is 0.0222. The quantitative estimate of drug-likeness (QED) is 0.337. The topological polar surface area (TPSA) is 60.5 Å². The van der Waals surface area contributed by atoms with Gasteiger partial charge in [0.1, 0.15) is 5.75 Å². The third-order valence-corrected chi connectivity index (χ3v) is 7.53. The van der Waals surface area contributed by atoms with E-state index in [1.807, 2.05) is 17.0 Å². The molecule has 0 bridgehead atoms. The number of unbranched alkanes of at least 4 members (excludes halogenated alkanes) is 1. The Morgan fingerprint density at radius 3 is 2.11 bits per heavy atom. The van der Waals surface area contributed by atoms with Gasteiger partial charge in [0.25, 0.3) is 5.91 Å². The number of likely N-dealkylation sites (tertiary alicyclic amines) is 1. The molecule has 2 aromatic carbocycles. The van der Waals surface area contributed by atoms with E-state index in [0.717, 1.165) is 44.6 Å². The summed E-state index contributed by atoms with van der Waals surface area (Å²) < 4.78 is 21.8. The summed E-state index contributed by atoms with van der Waals surface area (Å²) in [6.45, 7) is 9.10. The standard InChI is InChI=1S/C30H44N2O5/c1-7-9-17-31(16-8-2)18-14-30(24-10-12-25(34-3)13-11-24)15-19-32(22-30)29(33)23-20-26(35-4)28(37-6)27(21-23)36-5/h10-13,20-21H,7-9,14-19,22H2,1-6H3. The Morgan fingerprint density at radius 2 is 1.57 bits per heavy atom. The summed E-state index contributed by atoms with van der Waals surface area (Å²) in [6, 6.07) is 11.9. The minimum Gasteiger partial charge on any atom is -0.497 e. The van der Waals surface area contributed by atoms with Crippen molar-refractivity contribution in [2.75, 3.05) is 61.2 Å². The van der Waals surface area contributed by atoms with Gasteiger partial charge in [-0.25, -0.2) is 0 Å². The van der Waals surface area contributed by atoms with Crippen LogP contribution in [-0.4, -0.2) is 76.9 Å². The molecule has 1 saturated heterocycles. The maximum Gasteiger partial charge on any atom is 0.254 e. The van der Waals surface area contributed by atoms with Gasteiger partial charge in [-0.1, -0.05) is 32.4 Å². The summed E-state index contributed by atoms with van der Waals surface area (Å²) in [7, 11) is 6.38. The molecule has 0 spiro atoms. The molecule has 1 heterocycles. The molecule has 7 heteroatoms. The van der Waals surface area contributed by atoms with Crippen molar-refractivity contribution in [3.63, 3.8) is 0 Å². The Balaban J connectivity index is 1.88. The van der Waals surface area contributed by atoms with E-state index in [9.17, 15) is 4.79 Å². The van der Waals surface area contributed by atoms with Crippen LogP contribution in [0, 0.1) is 0 Å². The molecule has 204 valence electrons. The van der Waals surface area contributed by atoms with Gasteiger partial charge in [-0.3, -0.25) is 4.79 Å². The predicted molar refractivity (Wildman–Crippen MR) is 148 cm³/mol. The highest BCUT2D eigenvalue weighted by molar-refractivity contribution is 5.96. The van der Waals surface area contributed by atoms with Gasteiger partial charge >= 0.3 is 0 Å². The number of amides is 1. The van der Waals surface area contributed by atoms with Crippen molar-refractivity contribution in [1.29, 1.82) is 0 Å². The Hall–Kier alpha value is -2.93. The van der Waals surface area contributed by atoms with Gasteiger partial charge in [0, 0.05) is 24.1 Å². The monoisotopic (exact) mass is 512 g/mol. The number of nitrogens with zero attached hydrogens (tertiary/aromatic N) is 2. The Bertz CT molecular complexity index is 985. The number of benzene rings is 2. The van der Waals surface area contributed by atoms with E-state index in [4.69, 9.17) is 18.9 Å². The largest absolute Gasteiger partial charge is 0.497 e. The van der Waals surface area contributed by atoms with Crippen molar-refractivity contribution in [2.45, 2.75) is 51.4 Å². The minimum atomic E-state index is -0.110. The third-order valence-electron chi connectivity index (χ3n) is 7.53. The number of carbonyl (C=O) groups excluding carboxylic acids is 1. The second-order valence-electron chi connectivity index (χ2n) is 9.84. The molecule has 0 radical (unpaired) electrons. The van der Waals surface area contributed by atoms with Crippen LogP contribution in [0.15, 0.2) is 36.4 Å². The summed E-state index contributed by atoms with van der Waals surface area (Å²) in [5, 5.41) is 0. The average Bonchev–Trinajstić information content (AvgIpc) is 3.38. The van der Waals surface area contributed by atoms with Crippen molar-refractivity contribution in [3.8, 4) is 23.0 Å². The second-order valence-corrected chi connectivity index (χ2v) is 9.84. The highest BCUT2D eigenvalue weighted by Crippen LogP contribution is 2.41. The molecule has 0 N–H and O–H groups in total. The lowest BCUT2D eigenvalue weighted by Crippen LogP contribution is -2.38. The number of carbonyl (C=O) groups is 1. The third kappa shape index (κ3) is 6.69. The summed E-state index contributed by atoms with van der Waals surface area (Å²) in [5.74, 6) is 2.27. The molecule has 1 aliphatic rings. The van der Waals surface area contributed by atoms with Crippen LogP contribution < -0.4 is 18.9 Å². The van der Waals surface area contributed by atoms with Crippen LogP contribution in [0.3, 0.4) is 0 Å². The lowest BCUT2D eigenvalue weighted by atomic mass is 9.76. The van der Waals surface area contributed by atoms with Crippen molar-refractivity contribution < 1.29 is 23.7 Å². The van der Waals surface area contributed by atoms with Crippen molar-refractivity contribution in [2.24, 2.45) is 0 Å². The maximum absolute atomic E-state index is 13.7. The zero-order valence-electron chi connectivity index (χ0n) is 23.5. The van der Waals surface area contributed by atoms with Gasteiger partial charge in [0.15, 0.2) is 11.5 Å². The first kappa shape index (κ1) is 28.6. The number of hydrogen-bond acceptors (Lipinski definition) is 6. The lowest BCUT2D eigenvalue weighted by molar-refractivity contribution is 0.0780. The van der Waals surface area contributed by atoms with Crippen molar-refractivity contribution >= 4 is 5.91 Å². The van der Waals surface area contributed by atoms with Crippen LogP contribution in [0.2, 0.25) is 0 Å². The SMILES string of the molecule is CCCCN(CCC)CCC1(c2ccc(OC)cc2)CCN(C(=O)c2cc(OC)c(OC)c(OC)c2)C1. The van der Waals surface area contributed by atoms with Gasteiger partial charge in [-0.05, 0) is 75.1 Å². The van der Waals surface area contributed by atoms with Gasteiger partial charge in [-0.2, -0.15) is 0 Å². The first-order valence-electron chi connectivity index (χ1n) is 13.4. The number of hydrogen-bond donors (Lipinski definition) is 0. The number of rotatable bonds is 14. The van der Waals surface area contributed by atoms with Crippen LogP contribution >= 0.6 is 0 Å². The van der Waals surface area contributed by atoms with Crippen molar-refractivity contribution in [1.82, 2.24) is 9.80 Å². The molecule has 1 fully saturated rings. The summed E-state index contributed by atoms with van der Waals surface area (Å²) in [5.41, 5.74) is 1.69. The maximum atomic E-state index is 13.7. The molecule has 0 saturated carbocycles. The van der Waals surface area contributed by atoms with Crippen molar-refractivity contribution in [3.05, 3.63) is 47.5 Å². The fourth-order valence-electron chi connectivity index (χ4n) is 5.37. The van der Waals surface area contributed by atoms with Gasteiger partial charge in [0.05, 0.1) is 28.4 Å². The van der Waals surface area contributed by atoms with Crippen LogP contribution in [0.4, 0.5) is 0 Å². The molecule has 1 aliphatic heterocycles. The van der Waals surface area contributed by atoms with E-state index in [0.29, 0.717) is 35.9 Å². The number of methoxy groups -OCH3 is 4. The fourth-order valence-corrected chi connectivity index (χ4v) is 5.37. The van der Waals surface area contributed by atoms with Crippen LogP contribution in [-0.2, 0) is 5.41 Å². The zero-order valence-corrected chi connectivity index (χ0v) is 23.5. The van der Waals surface area contributed by atoms with E-state index < -0.39 is 0 Å². The molecule has 1 amide bonds. The molecule has 37 heavy (non-hydrogen) atoms. The molecular weight excluding hydrogens is 468 g/mol. The molecule has 0 aromatic heterocycles. The Kier molecular flexibility index (Phi) is 10.5. The molecular formula is C30H44N2O5. The van der Waals surface area contributed by atoms with E-state index in [-0.39, 0.29) is 11.3 Å². The zero-order chi connectivity index (χ0) is 26.8. The summed E-state index contributed by atoms with van der Waals surface area (Å²) in [4.78, 5) is 18.3. The molecule has 2 aromatic rings. The second kappa shape index (κ2) is 13.6. The number of ether oxygens (including phenoxy) is 4. The first-order valence-corrected chi connectivity index (χ1v) is 13.4. The van der Waals surface area contributed by atoms with Gasteiger partial charge < -0.3 is 28.7 Å². The van der Waals surface area contributed by atoms with E-state index in [1.165, 1.54) is 18.4 Å². The molecule has 1 unspecified atom stereocenters. The lowest BCUT2D eigenvalue weighted by Gasteiger charge is -2.33. The summed E-state index contributed by atoms with van der Waals surface area (Å²) >= 11 is 0. The van der Waals surface area contributed by atoms with Crippen LogP contribution in [0.25, 0.3) is 0 Å². The molecule has 7 nitrogen and oxygen atoms in total. The molecule has 1 atom stereocenters. The highest BCUT2D eigenvalue weighted by atomic mass is 16.5. The molecule has 3 rings (SSSR count). The van der Waals surface area contributed by atoms with Gasteiger partial charge in [-0.15, -0.1) is 0 Å². The van der Waals surface area contributed by atoms with Gasteiger partial charge in [0.2, 0.25) is 5.75 Å². The fraction of sp³-hybridized carbons (Fsp3) is 0.567. The Labute approximate surface area is 222 Å². The average molecular weight is 513 g/mol. The van der Waals surface area contributed by atoms with E-state index >= 15 is 0 Å². The van der Waals surface area contributed by atoms with Crippen LogP contribution in [0.1, 0.15) is 61.9 Å².